The highest BCUT2D eigenvalue weighted by Gasteiger charge is 2.32. The molecule has 3 heterocycles. The van der Waals surface area contributed by atoms with Gasteiger partial charge in [-0.15, -0.1) is 11.3 Å². The molecule has 5 rings (SSSR count). The molecule has 1 atom stereocenters. The number of amides is 2. The number of carbonyl (C=O) groups excluding carboxylic acids is 3. The van der Waals surface area contributed by atoms with Crippen LogP contribution in [-0.4, -0.2) is 92.1 Å². The number of hydrogen-bond acceptors (Lipinski definition) is 9. The van der Waals surface area contributed by atoms with E-state index < -0.39 is 21.7 Å². The summed E-state index contributed by atoms with van der Waals surface area (Å²) in [6.07, 6.45) is 4.35. The van der Waals surface area contributed by atoms with Gasteiger partial charge in [0.1, 0.15) is 11.3 Å². The second kappa shape index (κ2) is 17.0. The number of rotatable bonds is 15. The van der Waals surface area contributed by atoms with Crippen molar-refractivity contribution in [3.63, 3.8) is 0 Å². The van der Waals surface area contributed by atoms with Crippen LogP contribution in [-0.2, 0) is 17.7 Å². The zero-order valence-electron chi connectivity index (χ0n) is 29.5. The minimum atomic E-state index is -1.20. The Balaban J connectivity index is 1.52. The molecule has 50 heavy (non-hydrogen) atoms. The maximum absolute atomic E-state index is 14.6. The van der Waals surface area contributed by atoms with Gasteiger partial charge in [0.25, 0.3) is 11.8 Å². The highest BCUT2D eigenvalue weighted by Crippen LogP contribution is 2.29. The second-order valence-corrected chi connectivity index (χ2v) is 15.4. The molecule has 0 spiro atoms. The van der Waals surface area contributed by atoms with Crippen molar-refractivity contribution in [2.45, 2.75) is 65.5 Å². The lowest BCUT2D eigenvalue weighted by molar-refractivity contribution is 0.0543. The molecule has 1 aliphatic rings. The summed E-state index contributed by atoms with van der Waals surface area (Å²) in [5.41, 5.74) is 5.29. The molecular weight excluding hydrogens is 671 g/mol. The van der Waals surface area contributed by atoms with E-state index in [4.69, 9.17) is 14.6 Å². The molecule has 2 N–H and O–H groups in total. The van der Waals surface area contributed by atoms with Crippen LogP contribution in [0.5, 0.6) is 5.75 Å². The zero-order chi connectivity index (χ0) is 35.8. The molecule has 0 bridgehead atoms. The predicted octanol–water partition coefficient (Wildman–Crippen LogP) is 4.46. The topological polar surface area (TPSA) is 126 Å². The quantitative estimate of drug-likeness (QED) is 0.137. The molecular formula is C37H47N5O6SSi. The summed E-state index contributed by atoms with van der Waals surface area (Å²) in [7, 11) is 1.67. The first-order chi connectivity index (χ1) is 24.2. The number of thiophene rings is 1. The molecule has 0 saturated carbocycles. The fourth-order valence-corrected chi connectivity index (χ4v) is 8.95. The Kier molecular flexibility index (Phi) is 12.5. The third kappa shape index (κ3) is 7.95. The number of aliphatic hydroxyl groups is 1. The second-order valence-electron chi connectivity index (χ2n) is 12.5. The summed E-state index contributed by atoms with van der Waals surface area (Å²) >= 11 is 1.43. The number of anilines is 1. The van der Waals surface area contributed by atoms with Gasteiger partial charge in [0.2, 0.25) is 0 Å². The lowest BCUT2D eigenvalue weighted by Gasteiger charge is -2.36. The van der Waals surface area contributed by atoms with E-state index in [1.165, 1.54) is 25.6 Å². The lowest BCUT2D eigenvalue weighted by atomic mass is 9.93. The number of hydrogen-bond donors (Lipinski definition) is 2. The van der Waals surface area contributed by atoms with Gasteiger partial charge < -0.3 is 29.4 Å². The molecule has 13 heteroatoms. The molecule has 1 aliphatic heterocycles. The largest absolute Gasteiger partial charge is 0.495 e. The van der Waals surface area contributed by atoms with Crippen molar-refractivity contribution in [1.82, 2.24) is 19.6 Å². The van der Waals surface area contributed by atoms with E-state index in [9.17, 15) is 19.5 Å². The number of esters is 1. The Morgan fingerprint density at radius 3 is 2.42 bits per heavy atom. The maximum atomic E-state index is 14.6. The number of methoxy groups -OCH3 is 2. The first kappa shape index (κ1) is 36.8. The van der Waals surface area contributed by atoms with Crippen molar-refractivity contribution in [1.29, 1.82) is 0 Å². The summed E-state index contributed by atoms with van der Waals surface area (Å²) in [6.45, 7) is 7.63. The van der Waals surface area contributed by atoms with E-state index in [0.29, 0.717) is 54.3 Å². The standard InChI is InChI=1S/C37H47N5O6SSi/c1-6-8-16-40(17-9-7-2)35(45)31-18-24(3)42(38-31)32-15-14-27(39-50-37-33(47-4)30(23-49-37)36(46)48-5)20-29(32)34(44)41-21-26-13-11-10-12-25(26)19-28(41)22-43/h10-15,18,20,23,28,39,43H,6-9,16-17,19,21-22,50H2,1-5H3. The summed E-state index contributed by atoms with van der Waals surface area (Å²) in [5, 5.41) is 16.9. The van der Waals surface area contributed by atoms with Gasteiger partial charge in [0, 0.05) is 40.9 Å². The Bertz CT molecular complexity index is 1820. The minimum absolute atomic E-state index is 0.116. The van der Waals surface area contributed by atoms with Crippen LogP contribution in [0.3, 0.4) is 0 Å². The Labute approximate surface area is 300 Å². The first-order valence-electron chi connectivity index (χ1n) is 17.2. The summed E-state index contributed by atoms with van der Waals surface area (Å²) in [4.78, 5) is 47.7. The van der Waals surface area contributed by atoms with Crippen LogP contribution < -0.4 is 14.2 Å². The number of aryl methyl sites for hydroxylation is 1. The van der Waals surface area contributed by atoms with Gasteiger partial charge in [-0.1, -0.05) is 51.0 Å². The van der Waals surface area contributed by atoms with Crippen molar-refractivity contribution in [2.24, 2.45) is 0 Å². The third-order valence-electron chi connectivity index (χ3n) is 9.12. The molecule has 0 fully saturated rings. The van der Waals surface area contributed by atoms with Crippen LogP contribution in [0.25, 0.3) is 5.69 Å². The first-order valence-corrected chi connectivity index (χ1v) is 19.5. The van der Waals surface area contributed by atoms with Crippen molar-refractivity contribution in [3.05, 3.63) is 87.6 Å². The number of unbranched alkanes of at least 4 members (excludes halogenated alkanes) is 2. The Hall–Kier alpha value is -4.46. The molecule has 0 radical (unpaired) electrons. The van der Waals surface area contributed by atoms with Crippen LogP contribution in [0.4, 0.5) is 5.69 Å². The van der Waals surface area contributed by atoms with Crippen molar-refractivity contribution in [3.8, 4) is 11.4 Å². The molecule has 2 amide bonds. The van der Waals surface area contributed by atoms with Gasteiger partial charge in [-0.2, -0.15) is 5.10 Å². The van der Waals surface area contributed by atoms with E-state index in [2.05, 4.69) is 18.8 Å². The lowest BCUT2D eigenvalue weighted by Crippen LogP contribution is -2.46. The molecule has 4 aromatic rings. The van der Waals surface area contributed by atoms with Gasteiger partial charge in [0.15, 0.2) is 15.4 Å². The van der Waals surface area contributed by atoms with E-state index in [1.54, 1.807) is 21.0 Å². The van der Waals surface area contributed by atoms with Crippen LogP contribution >= 0.6 is 11.3 Å². The highest BCUT2D eigenvalue weighted by atomic mass is 32.1. The number of aliphatic hydroxyl groups excluding tert-OH is 1. The number of carbonyl (C=O) groups is 3. The van der Waals surface area contributed by atoms with Crippen molar-refractivity contribution < 1.29 is 29.0 Å². The number of nitrogens with zero attached hydrogens (tertiary/aromatic N) is 4. The van der Waals surface area contributed by atoms with E-state index >= 15 is 0 Å². The fraction of sp³-hybridized carbons (Fsp3) is 0.405. The predicted molar refractivity (Wildman–Crippen MR) is 199 cm³/mol. The minimum Gasteiger partial charge on any atom is -0.495 e. The number of ether oxygens (including phenoxy) is 2. The van der Waals surface area contributed by atoms with Crippen LogP contribution in [0.15, 0.2) is 53.9 Å². The van der Waals surface area contributed by atoms with Gasteiger partial charge in [-0.3, -0.25) is 9.59 Å². The Morgan fingerprint density at radius 2 is 1.76 bits per heavy atom. The van der Waals surface area contributed by atoms with Gasteiger partial charge in [-0.05, 0) is 61.6 Å². The fourth-order valence-electron chi connectivity index (χ4n) is 6.31. The number of nitrogens with one attached hydrogen (secondary N) is 1. The Morgan fingerprint density at radius 1 is 1.04 bits per heavy atom. The molecule has 11 nitrogen and oxygen atoms in total. The molecule has 0 aliphatic carbocycles. The van der Waals surface area contributed by atoms with E-state index in [-0.39, 0.29) is 18.4 Å². The van der Waals surface area contributed by atoms with E-state index in [0.717, 1.165) is 52.7 Å². The SMILES string of the molecule is CCCCN(CCCC)C(=O)c1cc(C)n(-c2ccc(N[SiH2]c3scc(C(=O)OC)c3OC)cc2C(=O)N2Cc3ccccc3CC2CO)n1. The number of aromatic nitrogens is 2. The summed E-state index contributed by atoms with van der Waals surface area (Å²) in [5.74, 6) is -0.308. The average Bonchev–Trinajstić information content (AvgIpc) is 3.75. The van der Waals surface area contributed by atoms with Crippen LogP contribution in [0.2, 0.25) is 0 Å². The molecule has 2 aromatic heterocycles. The molecule has 0 saturated heterocycles. The van der Waals surface area contributed by atoms with Crippen LogP contribution in [0, 0.1) is 6.92 Å². The van der Waals surface area contributed by atoms with Crippen LogP contribution in [0.1, 0.15) is 87.6 Å². The normalized spacial score (nSPS) is 14.1. The zero-order valence-corrected chi connectivity index (χ0v) is 31.8. The maximum Gasteiger partial charge on any atom is 0.342 e. The number of fused-ring (bicyclic) bond motifs is 1. The van der Waals surface area contributed by atoms with Crippen molar-refractivity contribution >= 4 is 49.0 Å². The summed E-state index contributed by atoms with van der Waals surface area (Å²) in [6, 6.07) is 14.9. The van der Waals surface area contributed by atoms with Crippen molar-refractivity contribution in [2.75, 3.05) is 38.9 Å². The molecule has 266 valence electrons. The monoisotopic (exact) mass is 717 g/mol. The average molecular weight is 718 g/mol. The third-order valence-corrected chi connectivity index (χ3v) is 12.1. The van der Waals surface area contributed by atoms with E-state index in [1.807, 2.05) is 54.3 Å². The smallest absolute Gasteiger partial charge is 0.342 e. The molecule has 2 aromatic carbocycles. The number of benzene rings is 2. The van der Waals surface area contributed by atoms with Gasteiger partial charge in [0.05, 0.1) is 38.1 Å². The molecule has 1 unspecified atom stereocenters. The summed E-state index contributed by atoms with van der Waals surface area (Å²) < 4.78 is 13.1. The van der Waals surface area contributed by atoms with Gasteiger partial charge in [-0.25, -0.2) is 9.48 Å². The van der Waals surface area contributed by atoms with Gasteiger partial charge >= 0.3 is 5.97 Å². The highest BCUT2D eigenvalue weighted by molar-refractivity contribution is 7.21.